The SMILES string of the molecule is CN(Cc1cc(C(F)(F)F)cc(C(F)(F)F)c1)C(=O)c1cnc(N2CCNCC2)nc1-c1ccccc1. The normalized spacial score (nSPS) is 14.5. The highest BCUT2D eigenvalue weighted by Crippen LogP contribution is 2.36. The van der Waals surface area contributed by atoms with Crippen LogP contribution in [0.5, 0.6) is 0 Å². The predicted octanol–water partition coefficient (Wildman–Crippen LogP) is 4.86. The van der Waals surface area contributed by atoms with Crippen molar-refractivity contribution in [3.8, 4) is 11.3 Å². The number of hydrogen-bond acceptors (Lipinski definition) is 5. The Morgan fingerprint density at radius 2 is 1.57 bits per heavy atom. The molecule has 0 unspecified atom stereocenters. The Morgan fingerprint density at radius 1 is 0.973 bits per heavy atom. The summed E-state index contributed by atoms with van der Waals surface area (Å²) in [7, 11) is 1.30. The molecule has 12 heteroatoms. The van der Waals surface area contributed by atoms with E-state index in [2.05, 4.69) is 15.3 Å². The number of amides is 1. The average molecular weight is 523 g/mol. The first-order valence-corrected chi connectivity index (χ1v) is 11.4. The van der Waals surface area contributed by atoms with Gasteiger partial charge in [-0.25, -0.2) is 9.97 Å². The van der Waals surface area contributed by atoms with Crippen molar-refractivity contribution in [2.75, 3.05) is 38.1 Å². The molecule has 6 nitrogen and oxygen atoms in total. The Hall–Kier alpha value is -3.67. The minimum atomic E-state index is -4.98. The van der Waals surface area contributed by atoms with E-state index in [0.29, 0.717) is 42.4 Å². The Morgan fingerprint density at radius 3 is 2.14 bits per heavy atom. The Bertz CT molecular complexity index is 1220. The molecule has 37 heavy (non-hydrogen) atoms. The summed E-state index contributed by atoms with van der Waals surface area (Å²) in [6, 6.07) is 10.1. The quantitative estimate of drug-likeness (QED) is 0.484. The summed E-state index contributed by atoms with van der Waals surface area (Å²) in [5, 5.41) is 3.23. The lowest BCUT2D eigenvalue weighted by molar-refractivity contribution is -0.143. The van der Waals surface area contributed by atoms with Crippen molar-refractivity contribution in [3.05, 3.63) is 77.0 Å². The Balaban J connectivity index is 1.68. The predicted molar refractivity (Wildman–Crippen MR) is 125 cm³/mol. The maximum atomic E-state index is 13.4. The van der Waals surface area contributed by atoms with Crippen LogP contribution in [0.15, 0.2) is 54.7 Å². The van der Waals surface area contributed by atoms with E-state index in [-0.39, 0.29) is 17.2 Å². The number of anilines is 1. The number of carbonyl (C=O) groups excluding carboxylic acids is 1. The van der Waals surface area contributed by atoms with Gasteiger partial charge in [-0.05, 0) is 23.8 Å². The highest BCUT2D eigenvalue weighted by molar-refractivity contribution is 5.99. The average Bonchev–Trinajstić information content (AvgIpc) is 2.87. The molecule has 1 N–H and O–H groups in total. The maximum Gasteiger partial charge on any atom is 0.416 e. The van der Waals surface area contributed by atoms with Gasteiger partial charge in [0.05, 0.1) is 22.4 Å². The van der Waals surface area contributed by atoms with Crippen LogP contribution >= 0.6 is 0 Å². The minimum Gasteiger partial charge on any atom is -0.338 e. The molecule has 1 aliphatic heterocycles. The van der Waals surface area contributed by atoms with Crippen LogP contribution in [0.2, 0.25) is 0 Å². The monoisotopic (exact) mass is 523 g/mol. The molecule has 3 aromatic rings. The molecule has 0 atom stereocenters. The van der Waals surface area contributed by atoms with E-state index in [4.69, 9.17) is 0 Å². The second-order valence-electron chi connectivity index (χ2n) is 8.61. The highest BCUT2D eigenvalue weighted by Gasteiger charge is 2.37. The second-order valence-corrected chi connectivity index (χ2v) is 8.61. The molecule has 0 radical (unpaired) electrons. The van der Waals surface area contributed by atoms with Gasteiger partial charge in [0.15, 0.2) is 0 Å². The number of nitrogens with zero attached hydrogens (tertiary/aromatic N) is 4. The van der Waals surface area contributed by atoms with E-state index in [9.17, 15) is 31.1 Å². The van der Waals surface area contributed by atoms with Crippen molar-refractivity contribution in [1.29, 1.82) is 0 Å². The third kappa shape index (κ3) is 6.19. The molecular weight excluding hydrogens is 500 g/mol. The van der Waals surface area contributed by atoms with Crippen LogP contribution in [0.25, 0.3) is 11.3 Å². The fourth-order valence-corrected chi connectivity index (χ4v) is 4.02. The topological polar surface area (TPSA) is 61.4 Å². The van der Waals surface area contributed by atoms with Crippen molar-refractivity contribution in [3.63, 3.8) is 0 Å². The summed E-state index contributed by atoms with van der Waals surface area (Å²) in [5.41, 5.74) is -2.16. The number of aromatic nitrogens is 2. The first kappa shape index (κ1) is 26.4. The molecule has 0 spiro atoms. The molecule has 1 fully saturated rings. The summed E-state index contributed by atoms with van der Waals surface area (Å²) in [6.07, 6.45) is -8.61. The van der Waals surface area contributed by atoms with Gasteiger partial charge >= 0.3 is 12.4 Å². The van der Waals surface area contributed by atoms with Crippen molar-refractivity contribution in [2.45, 2.75) is 18.9 Å². The summed E-state index contributed by atoms with van der Waals surface area (Å²) >= 11 is 0. The van der Waals surface area contributed by atoms with Gasteiger partial charge in [0.1, 0.15) is 0 Å². The molecule has 2 aromatic carbocycles. The lowest BCUT2D eigenvalue weighted by Crippen LogP contribution is -2.44. The number of halogens is 6. The van der Waals surface area contributed by atoms with E-state index >= 15 is 0 Å². The molecule has 1 aliphatic rings. The number of benzene rings is 2. The van der Waals surface area contributed by atoms with E-state index in [1.54, 1.807) is 30.3 Å². The second kappa shape index (κ2) is 10.4. The van der Waals surface area contributed by atoms with Gasteiger partial charge in [0, 0.05) is 51.5 Å². The van der Waals surface area contributed by atoms with Crippen molar-refractivity contribution in [2.24, 2.45) is 0 Å². The molecule has 2 heterocycles. The van der Waals surface area contributed by atoms with E-state index < -0.39 is 35.9 Å². The van der Waals surface area contributed by atoms with Gasteiger partial charge in [-0.15, -0.1) is 0 Å². The van der Waals surface area contributed by atoms with Crippen LogP contribution < -0.4 is 10.2 Å². The summed E-state index contributed by atoms with van der Waals surface area (Å²) in [6.45, 7) is 2.32. The Labute approximate surface area is 208 Å². The first-order chi connectivity index (χ1) is 17.4. The largest absolute Gasteiger partial charge is 0.416 e. The van der Waals surface area contributed by atoms with Gasteiger partial charge in [-0.3, -0.25) is 4.79 Å². The van der Waals surface area contributed by atoms with E-state index in [1.165, 1.54) is 13.2 Å². The van der Waals surface area contributed by atoms with Crippen molar-refractivity contribution >= 4 is 11.9 Å². The van der Waals surface area contributed by atoms with Gasteiger partial charge in [0.25, 0.3) is 5.91 Å². The van der Waals surface area contributed by atoms with Crippen LogP contribution in [0.4, 0.5) is 32.3 Å². The van der Waals surface area contributed by atoms with Gasteiger partial charge < -0.3 is 15.1 Å². The van der Waals surface area contributed by atoms with Gasteiger partial charge in [-0.2, -0.15) is 26.3 Å². The Kier molecular flexibility index (Phi) is 7.39. The first-order valence-electron chi connectivity index (χ1n) is 11.4. The summed E-state index contributed by atoms with van der Waals surface area (Å²) in [4.78, 5) is 25.3. The number of carbonyl (C=O) groups is 1. The molecule has 4 rings (SSSR count). The highest BCUT2D eigenvalue weighted by atomic mass is 19.4. The fraction of sp³-hybridized carbons (Fsp3) is 0.320. The zero-order valence-electron chi connectivity index (χ0n) is 19.7. The van der Waals surface area contributed by atoms with E-state index in [1.807, 2.05) is 4.90 Å². The van der Waals surface area contributed by atoms with Crippen LogP contribution in [-0.2, 0) is 18.9 Å². The number of rotatable bonds is 5. The number of alkyl halides is 6. The molecule has 1 aromatic heterocycles. The number of nitrogens with one attached hydrogen (secondary N) is 1. The zero-order chi connectivity index (χ0) is 26.8. The molecule has 0 aliphatic carbocycles. The number of piperazine rings is 1. The van der Waals surface area contributed by atoms with Crippen LogP contribution in [0.1, 0.15) is 27.0 Å². The van der Waals surface area contributed by atoms with E-state index in [0.717, 1.165) is 18.0 Å². The maximum absolute atomic E-state index is 13.4. The standard InChI is InChI=1S/C25H23F6N5O/c1-35(15-16-11-18(24(26,27)28)13-19(12-16)25(29,30)31)22(37)20-14-33-23(36-9-7-32-8-10-36)34-21(20)17-5-3-2-4-6-17/h2-6,11-14,32H,7-10,15H2,1H3. The molecule has 1 saturated heterocycles. The molecule has 1 amide bonds. The van der Waals surface area contributed by atoms with Gasteiger partial charge in [0.2, 0.25) is 5.95 Å². The lowest BCUT2D eigenvalue weighted by atomic mass is 10.0. The molecule has 0 saturated carbocycles. The lowest BCUT2D eigenvalue weighted by Gasteiger charge is -2.28. The van der Waals surface area contributed by atoms with Crippen molar-refractivity contribution < 1.29 is 31.1 Å². The number of hydrogen-bond donors (Lipinski definition) is 1. The molecule has 196 valence electrons. The molecule has 0 bridgehead atoms. The summed E-state index contributed by atoms with van der Waals surface area (Å²) in [5.74, 6) is -0.219. The van der Waals surface area contributed by atoms with Crippen LogP contribution in [-0.4, -0.2) is 54.0 Å². The van der Waals surface area contributed by atoms with Crippen LogP contribution in [0.3, 0.4) is 0 Å². The molecular formula is C25H23F6N5O. The fourth-order valence-electron chi connectivity index (χ4n) is 4.02. The van der Waals surface area contributed by atoms with Crippen LogP contribution in [0, 0.1) is 0 Å². The minimum absolute atomic E-state index is 0.0571. The third-order valence-electron chi connectivity index (χ3n) is 5.87. The van der Waals surface area contributed by atoms with Crippen molar-refractivity contribution in [1.82, 2.24) is 20.2 Å². The zero-order valence-corrected chi connectivity index (χ0v) is 19.7. The van der Waals surface area contributed by atoms with Gasteiger partial charge in [-0.1, -0.05) is 30.3 Å². The summed E-state index contributed by atoms with van der Waals surface area (Å²) < 4.78 is 79.5. The third-order valence-corrected chi connectivity index (χ3v) is 5.87. The smallest absolute Gasteiger partial charge is 0.338 e.